The first kappa shape index (κ1) is 18.2. The van der Waals surface area contributed by atoms with Crippen molar-refractivity contribution < 1.29 is 14.3 Å². The van der Waals surface area contributed by atoms with Crippen molar-refractivity contribution in [2.45, 2.75) is 45.7 Å². The number of likely N-dealkylation sites (tertiary alicyclic amines) is 1. The summed E-state index contributed by atoms with van der Waals surface area (Å²) in [4.78, 5) is 14.3. The van der Waals surface area contributed by atoms with Crippen molar-refractivity contribution in [2.75, 3.05) is 13.1 Å². The second kappa shape index (κ2) is 7.16. The molecule has 0 saturated carbocycles. The fraction of sp³-hybridized carbons (Fsp3) is 0.474. The molecule has 1 aliphatic rings. The van der Waals surface area contributed by atoms with Crippen LogP contribution in [0.15, 0.2) is 35.6 Å². The molecule has 0 spiro atoms. The van der Waals surface area contributed by atoms with Gasteiger partial charge in [-0.25, -0.2) is 4.39 Å². The molecular formula is C19H25FN2O2. The SMILES string of the molecule is C/C(C(=N)c1ccc(C(=O)N2CCCCC2)cc1)=C(/O)C(C)(C)F. The van der Waals surface area contributed by atoms with Crippen molar-refractivity contribution in [1.82, 2.24) is 4.90 Å². The minimum atomic E-state index is -1.89. The van der Waals surface area contributed by atoms with Crippen molar-refractivity contribution in [3.63, 3.8) is 0 Å². The van der Waals surface area contributed by atoms with E-state index in [1.54, 1.807) is 24.3 Å². The molecule has 2 N–H and O–H groups in total. The molecule has 1 aromatic rings. The van der Waals surface area contributed by atoms with Gasteiger partial charge in [0.25, 0.3) is 5.91 Å². The second-order valence-electron chi connectivity index (χ2n) is 6.75. The van der Waals surface area contributed by atoms with Gasteiger partial charge in [0.1, 0.15) is 5.76 Å². The molecule has 0 bridgehead atoms. The molecule has 0 aliphatic carbocycles. The second-order valence-corrected chi connectivity index (χ2v) is 6.75. The number of hydrogen-bond donors (Lipinski definition) is 2. The monoisotopic (exact) mass is 332 g/mol. The lowest BCUT2D eigenvalue weighted by Crippen LogP contribution is -2.35. The number of benzene rings is 1. The molecule has 4 nitrogen and oxygen atoms in total. The van der Waals surface area contributed by atoms with Crippen LogP contribution in [0, 0.1) is 5.41 Å². The number of nitrogens with zero attached hydrogens (tertiary/aromatic N) is 1. The van der Waals surface area contributed by atoms with Crippen LogP contribution in [0.25, 0.3) is 0 Å². The normalized spacial score (nSPS) is 16.6. The molecular weight excluding hydrogens is 307 g/mol. The van der Waals surface area contributed by atoms with E-state index in [2.05, 4.69) is 0 Å². The number of halogens is 1. The Bertz CT molecular complexity index is 651. The Labute approximate surface area is 142 Å². The molecule has 1 heterocycles. The Morgan fingerprint density at radius 3 is 2.12 bits per heavy atom. The van der Waals surface area contributed by atoms with Crippen LogP contribution in [0.5, 0.6) is 0 Å². The molecule has 1 fully saturated rings. The zero-order valence-electron chi connectivity index (χ0n) is 14.5. The Kier molecular flexibility index (Phi) is 5.42. The van der Waals surface area contributed by atoms with Crippen LogP contribution in [-0.2, 0) is 0 Å². The van der Waals surface area contributed by atoms with Gasteiger partial charge in [-0.15, -0.1) is 0 Å². The maximum Gasteiger partial charge on any atom is 0.253 e. The molecule has 0 atom stereocenters. The summed E-state index contributed by atoms with van der Waals surface area (Å²) in [5.74, 6) is -0.436. The molecule has 1 aliphatic heterocycles. The highest BCUT2D eigenvalue weighted by Crippen LogP contribution is 2.23. The van der Waals surface area contributed by atoms with Crippen LogP contribution >= 0.6 is 0 Å². The van der Waals surface area contributed by atoms with Crippen LogP contribution in [0.1, 0.15) is 56.0 Å². The minimum absolute atomic E-state index is 0.00721. The van der Waals surface area contributed by atoms with Crippen LogP contribution in [0.4, 0.5) is 4.39 Å². The Morgan fingerprint density at radius 2 is 1.62 bits per heavy atom. The molecule has 1 amide bonds. The number of piperidine rings is 1. The van der Waals surface area contributed by atoms with Crippen LogP contribution in [0.3, 0.4) is 0 Å². The lowest BCUT2D eigenvalue weighted by molar-refractivity contribution is 0.0724. The Morgan fingerprint density at radius 1 is 1.12 bits per heavy atom. The number of carbonyl (C=O) groups excluding carboxylic acids is 1. The minimum Gasteiger partial charge on any atom is -0.509 e. The average Bonchev–Trinajstić information content (AvgIpc) is 2.59. The van der Waals surface area contributed by atoms with Crippen LogP contribution < -0.4 is 0 Å². The molecule has 2 rings (SSSR count). The summed E-state index contributed by atoms with van der Waals surface area (Å²) in [6.07, 6.45) is 3.24. The number of amides is 1. The molecule has 0 radical (unpaired) electrons. The number of allylic oxidation sites excluding steroid dienone is 2. The first-order valence-corrected chi connectivity index (χ1v) is 8.29. The Hall–Kier alpha value is -2.17. The van der Waals surface area contributed by atoms with Gasteiger partial charge >= 0.3 is 0 Å². The summed E-state index contributed by atoms with van der Waals surface area (Å²) in [7, 11) is 0. The summed E-state index contributed by atoms with van der Waals surface area (Å²) in [6, 6.07) is 6.71. The zero-order valence-corrected chi connectivity index (χ0v) is 14.5. The number of hydrogen-bond acceptors (Lipinski definition) is 3. The predicted octanol–water partition coefficient (Wildman–Crippen LogP) is 4.26. The van der Waals surface area contributed by atoms with Gasteiger partial charge in [0.05, 0.1) is 5.71 Å². The molecule has 5 heteroatoms. The summed E-state index contributed by atoms with van der Waals surface area (Å²) in [5, 5.41) is 18.0. The standard InChI is InChI=1S/C19H25FN2O2/c1-13(17(23)19(2,3)20)16(21)14-7-9-15(10-8-14)18(24)22-11-5-4-6-12-22/h7-10,21,23H,4-6,11-12H2,1-3H3/b17-13-,21-16?. The van der Waals surface area contributed by atoms with Gasteiger partial charge in [0.2, 0.25) is 0 Å². The zero-order chi connectivity index (χ0) is 17.9. The highest BCUT2D eigenvalue weighted by atomic mass is 19.1. The lowest BCUT2D eigenvalue weighted by Gasteiger charge is -2.26. The van der Waals surface area contributed by atoms with E-state index >= 15 is 0 Å². The van der Waals surface area contributed by atoms with E-state index in [4.69, 9.17) is 5.41 Å². The highest BCUT2D eigenvalue weighted by molar-refractivity contribution is 6.11. The van der Waals surface area contributed by atoms with Crippen LogP contribution in [-0.4, -0.2) is 40.4 Å². The molecule has 1 saturated heterocycles. The fourth-order valence-electron chi connectivity index (χ4n) is 2.84. The van der Waals surface area contributed by atoms with Crippen molar-refractivity contribution >= 4 is 11.6 Å². The average molecular weight is 332 g/mol. The largest absolute Gasteiger partial charge is 0.509 e. The quantitative estimate of drug-likeness (QED) is 0.639. The smallest absolute Gasteiger partial charge is 0.253 e. The number of rotatable bonds is 4. The van der Waals surface area contributed by atoms with Gasteiger partial charge in [-0.05, 0) is 57.7 Å². The maximum atomic E-state index is 13.8. The topological polar surface area (TPSA) is 64.4 Å². The maximum absolute atomic E-state index is 13.8. The molecule has 130 valence electrons. The first-order chi connectivity index (χ1) is 11.2. The van der Waals surface area contributed by atoms with Gasteiger partial charge < -0.3 is 10.0 Å². The number of nitrogens with one attached hydrogen (secondary N) is 1. The third kappa shape index (κ3) is 4.02. The molecule has 0 aromatic heterocycles. The number of carbonyl (C=O) groups is 1. The number of aliphatic hydroxyl groups is 1. The van der Waals surface area contributed by atoms with E-state index < -0.39 is 11.4 Å². The molecule has 1 aromatic carbocycles. The number of aliphatic hydroxyl groups excluding tert-OH is 1. The van der Waals surface area contributed by atoms with Crippen LogP contribution in [0.2, 0.25) is 0 Å². The van der Waals surface area contributed by atoms with Gasteiger partial charge in [0.15, 0.2) is 5.67 Å². The Balaban J connectivity index is 2.17. The summed E-state index contributed by atoms with van der Waals surface area (Å²) < 4.78 is 13.8. The third-order valence-electron chi connectivity index (χ3n) is 4.36. The fourth-order valence-corrected chi connectivity index (χ4v) is 2.84. The van der Waals surface area contributed by atoms with E-state index in [9.17, 15) is 14.3 Å². The number of alkyl halides is 1. The third-order valence-corrected chi connectivity index (χ3v) is 4.36. The molecule has 24 heavy (non-hydrogen) atoms. The molecule has 0 unspecified atom stereocenters. The van der Waals surface area contributed by atoms with Crippen molar-refractivity contribution in [3.05, 3.63) is 46.7 Å². The van der Waals surface area contributed by atoms with E-state index in [1.807, 2.05) is 4.90 Å². The van der Waals surface area contributed by atoms with Gasteiger partial charge in [0, 0.05) is 24.2 Å². The highest BCUT2D eigenvalue weighted by Gasteiger charge is 2.25. The van der Waals surface area contributed by atoms with E-state index in [1.165, 1.54) is 27.2 Å². The van der Waals surface area contributed by atoms with Gasteiger partial charge in [-0.3, -0.25) is 10.2 Å². The first-order valence-electron chi connectivity index (χ1n) is 8.29. The summed E-state index contributed by atoms with van der Waals surface area (Å²) in [6.45, 7) is 5.60. The van der Waals surface area contributed by atoms with Crippen molar-refractivity contribution in [1.29, 1.82) is 5.41 Å². The van der Waals surface area contributed by atoms with E-state index in [-0.39, 0.29) is 17.2 Å². The van der Waals surface area contributed by atoms with Gasteiger partial charge in [-0.2, -0.15) is 0 Å². The van der Waals surface area contributed by atoms with Crippen molar-refractivity contribution in [2.24, 2.45) is 0 Å². The van der Waals surface area contributed by atoms with Gasteiger partial charge in [-0.1, -0.05) is 12.1 Å². The van der Waals surface area contributed by atoms with Crippen molar-refractivity contribution in [3.8, 4) is 0 Å². The summed E-state index contributed by atoms with van der Waals surface area (Å²) in [5.41, 5.74) is -0.517. The lowest BCUT2D eigenvalue weighted by atomic mass is 9.96. The van der Waals surface area contributed by atoms with E-state index in [0.29, 0.717) is 11.1 Å². The predicted molar refractivity (Wildman–Crippen MR) is 93.5 cm³/mol. The van der Waals surface area contributed by atoms with E-state index in [0.717, 1.165) is 25.9 Å². The summed E-state index contributed by atoms with van der Waals surface area (Å²) >= 11 is 0.